The zero-order valence-corrected chi connectivity index (χ0v) is 13.5. The molecule has 3 nitrogen and oxygen atoms in total. The fourth-order valence-corrected chi connectivity index (χ4v) is 2.38. The van der Waals surface area contributed by atoms with Crippen molar-refractivity contribution >= 4 is 23.2 Å². The maximum atomic E-state index is 12.6. The smallest absolute Gasteiger partial charge is 0.227 e. The minimum Gasteiger partial charge on any atom is -0.320 e. The quantitative estimate of drug-likeness (QED) is 0.786. The number of benzene rings is 2. The summed E-state index contributed by atoms with van der Waals surface area (Å²) in [5.41, 5.74) is 1.99. The molecule has 2 rings (SSSR count). The van der Waals surface area contributed by atoms with Crippen LogP contribution >= 0.6 is 11.6 Å². The van der Waals surface area contributed by atoms with Crippen LogP contribution in [0.1, 0.15) is 18.4 Å². The molecular weight excluding hydrogens is 296 g/mol. The third-order valence-electron chi connectivity index (χ3n) is 3.44. The molecule has 116 valence electrons. The van der Waals surface area contributed by atoms with E-state index in [2.05, 4.69) is 5.32 Å². The van der Waals surface area contributed by atoms with E-state index in [-0.39, 0.29) is 5.91 Å². The lowest BCUT2D eigenvalue weighted by molar-refractivity contribution is -0.118. The van der Waals surface area contributed by atoms with Gasteiger partial charge in [0.2, 0.25) is 5.91 Å². The number of amides is 1. The average Bonchev–Trinajstić information content (AvgIpc) is 2.55. The third kappa shape index (κ3) is 4.86. The van der Waals surface area contributed by atoms with Gasteiger partial charge in [-0.15, -0.1) is 0 Å². The Kier molecular flexibility index (Phi) is 6.44. The molecule has 2 aromatic carbocycles. The summed E-state index contributed by atoms with van der Waals surface area (Å²) in [4.78, 5) is 14.4. The summed E-state index contributed by atoms with van der Waals surface area (Å²) in [7, 11) is 1.90. The van der Waals surface area contributed by atoms with Gasteiger partial charge in [-0.05, 0) is 49.8 Å². The van der Waals surface area contributed by atoms with Crippen LogP contribution in [0.3, 0.4) is 0 Å². The van der Waals surface area contributed by atoms with Gasteiger partial charge in [0, 0.05) is 17.1 Å². The summed E-state index contributed by atoms with van der Waals surface area (Å²) in [5.74, 6) is 0.136. The molecule has 4 heteroatoms. The van der Waals surface area contributed by atoms with E-state index in [0.29, 0.717) is 18.0 Å². The van der Waals surface area contributed by atoms with Gasteiger partial charge < -0.3 is 10.2 Å². The number of nitrogens with zero attached hydrogens (tertiary/aromatic N) is 1. The van der Waals surface area contributed by atoms with Crippen molar-refractivity contribution in [2.75, 3.05) is 18.5 Å². The van der Waals surface area contributed by atoms with Gasteiger partial charge in [-0.25, -0.2) is 0 Å². The van der Waals surface area contributed by atoms with E-state index in [1.54, 1.807) is 0 Å². The molecular formula is C18H21ClN2O. The maximum absolute atomic E-state index is 12.6. The number of carbonyl (C=O) groups excluding carboxylic acids is 1. The van der Waals surface area contributed by atoms with E-state index in [0.717, 1.165) is 24.2 Å². The molecule has 0 saturated carbocycles. The Morgan fingerprint density at radius 3 is 2.41 bits per heavy atom. The molecule has 0 fully saturated rings. The van der Waals surface area contributed by atoms with Crippen LogP contribution in [0, 0.1) is 0 Å². The van der Waals surface area contributed by atoms with E-state index in [9.17, 15) is 4.79 Å². The lowest BCUT2D eigenvalue weighted by atomic mass is 10.1. The lowest BCUT2D eigenvalue weighted by Gasteiger charge is -2.23. The molecule has 2 aromatic rings. The molecule has 22 heavy (non-hydrogen) atoms. The largest absolute Gasteiger partial charge is 0.320 e. The van der Waals surface area contributed by atoms with Crippen molar-refractivity contribution in [3.05, 3.63) is 65.2 Å². The summed E-state index contributed by atoms with van der Waals surface area (Å²) >= 11 is 5.92. The molecule has 0 aliphatic heterocycles. The highest BCUT2D eigenvalue weighted by atomic mass is 35.5. The van der Waals surface area contributed by atoms with E-state index in [1.807, 2.05) is 66.5 Å². The molecule has 0 saturated heterocycles. The Morgan fingerprint density at radius 1 is 1.09 bits per heavy atom. The fraction of sp³-hybridized carbons (Fsp3) is 0.278. The van der Waals surface area contributed by atoms with Crippen molar-refractivity contribution in [2.24, 2.45) is 0 Å². The molecule has 0 aliphatic carbocycles. The molecule has 0 aromatic heterocycles. The number of anilines is 1. The summed E-state index contributed by atoms with van der Waals surface area (Å²) in [5, 5.41) is 3.78. The van der Waals surface area contributed by atoms with Gasteiger partial charge in [-0.2, -0.15) is 0 Å². The van der Waals surface area contributed by atoms with Gasteiger partial charge in [0.1, 0.15) is 0 Å². The number of para-hydroxylation sites is 1. The Labute approximate surface area is 136 Å². The van der Waals surface area contributed by atoms with Crippen molar-refractivity contribution in [1.82, 2.24) is 5.32 Å². The van der Waals surface area contributed by atoms with E-state index >= 15 is 0 Å². The first-order valence-corrected chi connectivity index (χ1v) is 7.83. The second-order valence-corrected chi connectivity index (χ2v) is 5.59. The Morgan fingerprint density at radius 2 is 1.77 bits per heavy atom. The number of hydrogen-bond acceptors (Lipinski definition) is 2. The second kappa shape index (κ2) is 8.57. The summed E-state index contributed by atoms with van der Waals surface area (Å²) in [6.45, 7) is 1.40. The zero-order valence-electron chi connectivity index (χ0n) is 12.8. The standard InChI is InChI=1S/C18H21ClN2O/c1-20-13-5-8-18(22)21(17-6-3-2-4-7-17)14-15-9-11-16(19)12-10-15/h2-4,6-7,9-12,20H,5,8,13-14H2,1H3. The molecule has 0 heterocycles. The van der Waals surface area contributed by atoms with Gasteiger partial charge in [-0.3, -0.25) is 4.79 Å². The van der Waals surface area contributed by atoms with Crippen LogP contribution in [0.2, 0.25) is 5.02 Å². The Bertz CT molecular complexity index is 584. The molecule has 0 radical (unpaired) electrons. The molecule has 1 amide bonds. The average molecular weight is 317 g/mol. The predicted molar refractivity (Wildman–Crippen MR) is 92.2 cm³/mol. The molecule has 0 spiro atoms. The fourth-order valence-electron chi connectivity index (χ4n) is 2.26. The summed E-state index contributed by atoms with van der Waals surface area (Å²) in [6.07, 6.45) is 1.36. The van der Waals surface area contributed by atoms with E-state index in [1.165, 1.54) is 0 Å². The highest BCUT2D eigenvalue weighted by Crippen LogP contribution is 2.19. The van der Waals surface area contributed by atoms with Crippen LogP contribution in [-0.4, -0.2) is 19.5 Å². The first-order valence-electron chi connectivity index (χ1n) is 7.45. The molecule has 0 atom stereocenters. The Balaban J connectivity index is 2.14. The van der Waals surface area contributed by atoms with Crippen molar-refractivity contribution < 1.29 is 4.79 Å². The second-order valence-electron chi connectivity index (χ2n) is 5.15. The first-order chi connectivity index (χ1) is 10.7. The van der Waals surface area contributed by atoms with Crippen molar-refractivity contribution in [3.8, 4) is 0 Å². The van der Waals surface area contributed by atoms with E-state index in [4.69, 9.17) is 11.6 Å². The topological polar surface area (TPSA) is 32.3 Å². The lowest BCUT2D eigenvalue weighted by Crippen LogP contribution is -2.30. The minimum absolute atomic E-state index is 0.136. The number of halogens is 1. The predicted octanol–water partition coefficient (Wildman–Crippen LogP) is 3.87. The van der Waals surface area contributed by atoms with Gasteiger partial charge >= 0.3 is 0 Å². The van der Waals surface area contributed by atoms with Crippen LogP contribution in [-0.2, 0) is 11.3 Å². The molecule has 1 N–H and O–H groups in total. The van der Waals surface area contributed by atoms with Crippen LogP contribution in [0.25, 0.3) is 0 Å². The molecule has 0 aliphatic rings. The monoisotopic (exact) mass is 316 g/mol. The van der Waals surface area contributed by atoms with Crippen LogP contribution in [0.4, 0.5) is 5.69 Å². The van der Waals surface area contributed by atoms with Crippen LogP contribution < -0.4 is 10.2 Å². The first kappa shape index (κ1) is 16.5. The normalized spacial score (nSPS) is 10.5. The third-order valence-corrected chi connectivity index (χ3v) is 3.69. The Hall–Kier alpha value is -1.84. The zero-order chi connectivity index (χ0) is 15.8. The number of hydrogen-bond donors (Lipinski definition) is 1. The van der Waals surface area contributed by atoms with Gasteiger partial charge in [-0.1, -0.05) is 41.9 Å². The van der Waals surface area contributed by atoms with E-state index < -0.39 is 0 Å². The highest BCUT2D eigenvalue weighted by molar-refractivity contribution is 6.30. The van der Waals surface area contributed by atoms with Crippen molar-refractivity contribution in [3.63, 3.8) is 0 Å². The summed E-state index contributed by atoms with van der Waals surface area (Å²) < 4.78 is 0. The van der Waals surface area contributed by atoms with Crippen molar-refractivity contribution in [1.29, 1.82) is 0 Å². The summed E-state index contributed by atoms with van der Waals surface area (Å²) in [6, 6.07) is 17.4. The highest BCUT2D eigenvalue weighted by Gasteiger charge is 2.15. The van der Waals surface area contributed by atoms with Crippen LogP contribution in [0.15, 0.2) is 54.6 Å². The number of nitrogens with one attached hydrogen (secondary N) is 1. The van der Waals surface area contributed by atoms with Gasteiger partial charge in [0.25, 0.3) is 0 Å². The number of rotatable bonds is 7. The number of carbonyl (C=O) groups is 1. The van der Waals surface area contributed by atoms with Gasteiger partial charge in [0.05, 0.1) is 6.54 Å². The maximum Gasteiger partial charge on any atom is 0.227 e. The minimum atomic E-state index is 0.136. The SMILES string of the molecule is CNCCCC(=O)N(Cc1ccc(Cl)cc1)c1ccccc1. The van der Waals surface area contributed by atoms with Gasteiger partial charge in [0.15, 0.2) is 0 Å². The molecule has 0 unspecified atom stereocenters. The van der Waals surface area contributed by atoms with Crippen molar-refractivity contribution in [2.45, 2.75) is 19.4 Å². The van der Waals surface area contributed by atoms with Crippen LogP contribution in [0.5, 0.6) is 0 Å². The molecule has 0 bridgehead atoms.